The molecule has 20 heavy (non-hydrogen) atoms. The average molecular weight is 291 g/mol. The van der Waals surface area contributed by atoms with Gasteiger partial charge < -0.3 is 15.7 Å². The first kappa shape index (κ1) is 13.6. The summed E-state index contributed by atoms with van der Waals surface area (Å²) in [6, 6.07) is 4.67. The number of hydrogen-bond acceptors (Lipinski definition) is 5. The van der Waals surface area contributed by atoms with E-state index in [2.05, 4.69) is 22.0 Å². The van der Waals surface area contributed by atoms with Crippen LogP contribution < -0.4 is 10.6 Å². The Morgan fingerprint density at radius 1 is 1.30 bits per heavy atom. The Hall–Kier alpha value is -1.33. The number of anilines is 2. The van der Waals surface area contributed by atoms with Crippen LogP contribution in [0.4, 0.5) is 11.4 Å². The highest BCUT2D eigenvalue weighted by Crippen LogP contribution is 2.35. The van der Waals surface area contributed by atoms with Gasteiger partial charge in [0.25, 0.3) is 0 Å². The van der Waals surface area contributed by atoms with Crippen molar-refractivity contribution >= 4 is 32.9 Å². The second kappa shape index (κ2) is 5.97. The number of aliphatic hydroxyl groups is 1. The molecule has 0 radical (unpaired) electrons. The van der Waals surface area contributed by atoms with E-state index in [-0.39, 0.29) is 6.61 Å². The molecule has 0 atom stereocenters. The average Bonchev–Trinajstić information content (AvgIpc) is 2.96. The van der Waals surface area contributed by atoms with Crippen molar-refractivity contribution in [3.05, 3.63) is 17.6 Å². The van der Waals surface area contributed by atoms with Gasteiger partial charge in [-0.2, -0.15) is 0 Å². The molecule has 0 saturated heterocycles. The molecule has 3 rings (SSSR count). The number of fused-ring (bicyclic) bond motifs is 1. The van der Waals surface area contributed by atoms with Gasteiger partial charge in [0, 0.05) is 12.6 Å². The summed E-state index contributed by atoms with van der Waals surface area (Å²) in [5.41, 5.74) is 10.8. The van der Waals surface area contributed by atoms with Crippen LogP contribution in [-0.2, 0) is 0 Å². The van der Waals surface area contributed by atoms with Gasteiger partial charge in [-0.15, -0.1) is 11.3 Å². The topological polar surface area (TPSA) is 62.4 Å². The molecule has 2 aromatic rings. The van der Waals surface area contributed by atoms with Crippen molar-refractivity contribution in [3.8, 4) is 0 Å². The minimum absolute atomic E-state index is 0.158. The monoisotopic (exact) mass is 291 g/mol. The normalized spacial score (nSPS) is 16.6. The van der Waals surface area contributed by atoms with E-state index in [0.29, 0.717) is 12.6 Å². The summed E-state index contributed by atoms with van der Waals surface area (Å²) < 4.78 is 1.12. The van der Waals surface area contributed by atoms with Crippen molar-refractivity contribution in [1.29, 1.82) is 0 Å². The second-order valence-electron chi connectivity index (χ2n) is 5.41. The third-order valence-electron chi connectivity index (χ3n) is 4.18. The minimum Gasteiger partial charge on any atom is -0.395 e. The Kier molecular flexibility index (Phi) is 4.08. The summed E-state index contributed by atoms with van der Waals surface area (Å²) in [6.07, 6.45) is 6.24. The lowest BCUT2D eigenvalue weighted by Gasteiger charge is -2.36. The maximum absolute atomic E-state index is 9.40. The highest BCUT2D eigenvalue weighted by atomic mass is 32.1. The molecule has 1 aliphatic rings. The van der Waals surface area contributed by atoms with Crippen molar-refractivity contribution < 1.29 is 5.11 Å². The molecular formula is C15H21N3OS. The van der Waals surface area contributed by atoms with Crippen LogP contribution in [0.2, 0.25) is 0 Å². The molecule has 1 heterocycles. The lowest BCUT2D eigenvalue weighted by Crippen LogP contribution is -2.39. The van der Waals surface area contributed by atoms with E-state index in [9.17, 15) is 5.11 Å². The number of rotatable bonds is 4. The number of benzene rings is 1. The predicted molar refractivity (Wildman–Crippen MR) is 85.3 cm³/mol. The Balaban J connectivity index is 1.97. The van der Waals surface area contributed by atoms with E-state index in [1.54, 1.807) is 11.3 Å². The molecule has 4 nitrogen and oxygen atoms in total. The molecule has 1 aromatic carbocycles. The Bertz CT molecular complexity index is 578. The van der Waals surface area contributed by atoms with Crippen LogP contribution in [0.15, 0.2) is 17.6 Å². The van der Waals surface area contributed by atoms with Gasteiger partial charge in [0.2, 0.25) is 0 Å². The molecule has 0 amide bonds. The van der Waals surface area contributed by atoms with Crippen molar-refractivity contribution in [1.82, 2.24) is 4.98 Å². The summed E-state index contributed by atoms with van der Waals surface area (Å²) in [4.78, 5) is 6.66. The third-order valence-corrected chi connectivity index (χ3v) is 4.98. The zero-order chi connectivity index (χ0) is 13.9. The number of aromatic nitrogens is 1. The summed E-state index contributed by atoms with van der Waals surface area (Å²) in [7, 11) is 0. The number of nitrogens with zero attached hydrogens (tertiary/aromatic N) is 2. The van der Waals surface area contributed by atoms with Crippen molar-refractivity contribution in [2.45, 2.75) is 38.1 Å². The van der Waals surface area contributed by atoms with Crippen LogP contribution in [0.5, 0.6) is 0 Å². The van der Waals surface area contributed by atoms with Gasteiger partial charge in [0.05, 0.1) is 28.2 Å². The maximum Gasteiger partial charge on any atom is 0.106 e. The zero-order valence-electron chi connectivity index (χ0n) is 11.6. The molecule has 1 saturated carbocycles. The first-order chi connectivity index (χ1) is 9.81. The Morgan fingerprint density at radius 3 is 2.85 bits per heavy atom. The van der Waals surface area contributed by atoms with Gasteiger partial charge in [-0.05, 0) is 25.0 Å². The molecule has 5 heteroatoms. The highest BCUT2D eigenvalue weighted by molar-refractivity contribution is 7.16. The number of nitrogens with two attached hydrogens (primary N) is 1. The van der Waals surface area contributed by atoms with E-state index in [1.165, 1.54) is 32.1 Å². The van der Waals surface area contributed by atoms with Crippen LogP contribution in [0.1, 0.15) is 32.1 Å². The van der Waals surface area contributed by atoms with Gasteiger partial charge in [-0.1, -0.05) is 19.3 Å². The van der Waals surface area contributed by atoms with Crippen molar-refractivity contribution in [2.24, 2.45) is 0 Å². The highest BCUT2D eigenvalue weighted by Gasteiger charge is 2.23. The molecule has 0 bridgehead atoms. The van der Waals surface area contributed by atoms with E-state index < -0.39 is 0 Å². The fraction of sp³-hybridized carbons (Fsp3) is 0.533. The number of aliphatic hydroxyl groups excluding tert-OH is 1. The van der Waals surface area contributed by atoms with Gasteiger partial charge in [0.15, 0.2) is 0 Å². The SMILES string of the molecule is Nc1c(N(CCO)C2CCCCC2)ccc2scnc12. The fourth-order valence-corrected chi connectivity index (χ4v) is 3.88. The first-order valence-corrected chi connectivity index (χ1v) is 8.18. The maximum atomic E-state index is 9.40. The molecule has 0 unspecified atom stereocenters. The van der Waals surface area contributed by atoms with Crippen LogP contribution >= 0.6 is 11.3 Å². The summed E-state index contributed by atoms with van der Waals surface area (Å²) in [5, 5.41) is 9.40. The van der Waals surface area contributed by atoms with E-state index >= 15 is 0 Å². The van der Waals surface area contributed by atoms with Crippen LogP contribution in [0.25, 0.3) is 10.2 Å². The Morgan fingerprint density at radius 2 is 2.10 bits per heavy atom. The largest absolute Gasteiger partial charge is 0.395 e. The molecule has 0 aliphatic heterocycles. The van der Waals surface area contributed by atoms with E-state index in [0.717, 1.165) is 21.6 Å². The smallest absolute Gasteiger partial charge is 0.106 e. The predicted octanol–water partition coefficient (Wildman–Crippen LogP) is 3.01. The second-order valence-corrected chi connectivity index (χ2v) is 6.29. The number of nitrogen functional groups attached to an aromatic ring is 1. The fourth-order valence-electron chi connectivity index (χ4n) is 3.19. The van der Waals surface area contributed by atoms with E-state index in [1.807, 2.05) is 5.51 Å². The first-order valence-electron chi connectivity index (χ1n) is 7.30. The lowest BCUT2D eigenvalue weighted by atomic mass is 9.93. The van der Waals surface area contributed by atoms with Crippen LogP contribution in [-0.4, -0.2) is 29.3 Å². The number of hydrogen-bond donors (Lipinski definition) is 2. The van der Waals surface area contributed by atoms with Gasteiger partial charge in [0.1, 0.15) is 5.52 Å². The minimum atomic E-state index is 0.158. The standard InChI is InChI=1S/C15H21N3OS/c16-14-12(6-7-13-15(14)17-10-20-13)18(8-9-19)11-4-2-1-3-5-11/h6-7,10-11,19H,1-5,8-9,16H2. The molecule has 3 N–H and O–H groups in total. The summed E-state index contributed by atoms with van der Waals surface area (Å²) >= 11 is 1.61. The van der Waals surface area contributed by atoms with Crippen LogP contribution in [0.3, 0.4) is 0 Å². The summed E-state index contributed by atoms with van der Waals surface area (Å²) in [5.74, 6) is 0. The quantitative estimate of drug-likeness (QED) is 0.850. The molecule has 1 aromatic heterocycles. The zero-order valence-corrected chi connectivity index (χ0v) is 12.4. The van der Waals surface area contributed by atoms with E-state index in [4.69, 9.17) is 5.73 Å². The van der Waals surface area contributed by atoms with Gasteiger partial charge >= 0.3 is 0 Å². The third kappa shape index (κ3) is 2.47. The Labute approximate surface area is 123 Å². The number of thiazole rings is 1. The van der Waals surface area contributed by atoms with Crippen LogP contribution in [0, 0.1) is 0 Å². The van der Waals surface area contributed by atoms with Crippen molar-refractivity contribution in [3.63, 3.8) is 0 Å². The van der Waals surface area contributed by atoms with Crippen molar-refractivity contribution in [2.75, 3.05) is 23.8 Å². The molecule has 0 spiro atoms. The molecular weight excluding hydrogens is 270 g/mol. The van der Waals surface area contributed by atoms with Gasteiger partial charge in [-0.25, -0.2) is 4.98 Å². The molecule has 1 fully saturated rings. The molecule has 108 valence electrons. The summed E-state index contributed by atoms with van der Waals surface area (Å²) in [6.45, 7) is 0.801. The lowest BCUT2D eigenvalue weighted by molar-refractivity contribution is 0.290. The molecule has 1 aliphatic carbocycles. The van der Waals surface area contributed by atoms with Gasteiger partial charge in [-0.3, -0.25) is 0 Å².